The lowest BCUT2D eigenvalue weighted by Crippen LogP contribution is -2.46. The zero-order chi connectivity index (χ0) is 20.6. The third kappa shape index (κ3) is 8.31. The molecule has 7 heteroatoms. The fourth-order valence-corrected chi connectivity index (χ4v) is 3.64. The van der Waals surface area contributed by atoms with Crippen LogP contribution < -0.4 is 10.6 Å². The highest BCUT2D eigenvalue weighted by molar-refractivity contribution is 5.87. The minimum atomic E-state index is -0.549. The Labute approximate surface area is 168 Å². The van der Waals surface area contributed by atoms with E-state index in [0.29, 0.717) is 19.0 Å². The molecule has 28 heavy (non-hydrogen) atoms. The van der Waals surface area contributed by atoms with Gasteiger partial charge in [-0.1, -0.05) is 18.9 Å². The topological polar surface area (TPSA) is 87.7 Å². The number of ether oxygens (including phenoxy) is 1. The minimum Gasteiger partial charge on any atom is -0.444 e. The first kappa shape index (κ1) is 22.2. The van der Waals surface area contributed by atoms with Gasteiger partial charge in [-0.25, -0.2) is 4.79 Å². The second-order valence-electron chi connectivity index (χ2n) is 8.75. The number of hydrogen-bond acceptors (Lipinski definition) is 4. The zero-order valence-corrected chi connectivity index (χ0v) is 17.5. The molecule has 0 radical (unpaired) electrons. The number of carbonyl (C=O) groups excluding carboxylic acids is 3. The summed E-state index contributed by atoms with van der Waals surface area (Å²) in [6.07, 6.45) is 9.87. The van der Waals surface area contributed by atoms with Gasteiger partial charge in [0.25, 0.3) is 0 Å². The van der Waals surface area contributed by atoms with Gasteiger partial charge in [0.1, 0.15) is 5.60 Å². The second kappa shape index (κ2) is 10.5. The molecular weight excluding hydrogens is 358 g/mol. The highest BCUT2D eigenvalue weighted by atomic mass is 16.6. The van der Waals surface area contributed by atoms with Gasteiger partial charge in [-0.15, -0.1) is 0 Å². The molecule has 0 aromatic carbocycles. The summed E-state index contributed by atoms with van der Waals surface area (Å²) in [6, 6.07) is 0.115. The highest BCUT2D eigenvalue weighted by Gasteiger charge is 2.24. The summed E-state index contributed by atoms with van der Waals surface area (Å²) in [5.74, 6) is 0.541. The van der Waals surface area contributed by atoms with E-state index in [0.717, 1.165) is 12.8 Å². The Hall–Kier alpha value is -2.05. The molecule has 158 valence electrons. The number of carbonyl (C=O) groups is 3. The molecule has 0 unspecified atom stereocenters. The first-order valence-corrected chi connectivity index (χ1v) is 10.5. The van der Waals surface area contributed by atoms with E-state index in [9.17, 15) is 14.4 Å². The Morgan fingerprint density at radius 3 is 2.32 bits per heavy atom. The lowest BCUT2D eigenvalue weighted by molar-refractivity contribution is -0.132. The smallest absolute Gasteiger partial charge is 0.407 e. The average Bonchev–Trinajstić information content (AvgIpc) is 3.12. The van der Waals surface area contributed by atoms with Crippen LogP contribution in [-0.4, -0.2) is 54.1 Å². The number of alkyl carbamates (subject to hydrolysis) is 1. The van der Waals surface area contributed by atoms with Gasteiger partial charge in [0.15, 0.2) is 0 Å². The molecule has 0 aromatic heterocycles. The molecule has 1 aliphatic heterocycles. The summed E-state index contributed by atoms with van der Waals surface area (Å²) in [4.78, 5) is 37.7. The molecule has 1 saturated carbocycles. The molecule has 1 heterocycles. The number of piperidine rings is 1. The van der Waals surface area contributed by atoms with E-state index in [-0.39, 0.29) is 30.8 Å². The van der Waals surface area contributed by atoms with Crippen LogP contribution in [0.5, 0.6) is 0 Å². The van der Waals surface area contributed by atoms with E-state index in [1.54, 1.807) is 31.7 Å². The van der Waals surface area contributed by atoms with Crippen LogP contribution in [0.3, 0.4) is 0 Å². The zero-order valence-electron chi connectivity index (χ0n) is 17.5. The van der Waals surface area contributed by atoms with Gasteiger partial charge in [0.2, 0.25) is 11.8 Å². The molecule has 3 amide bonds. The van der Waals surface area contributed by atoms with E-state index in [2.05, 4.69) is 10.6 Å². The summed E-state index contributed by atoms with van der Waals surface area (Å²) in [7, 11) is 0. The van der Waals surface area contributed by atoms with Gasteiger partial charge in [-0.2, -0.15) is 0 Å². The van der Waals surface area contributed by atoms with Gasteiger partial charge in [0, 0.05) is 32.1 Å². The molecule has 7 nitrogen and oxygen atoms in total. The average molecular weight is 394 g/mol. The summed E-state index contributed by atoms with van der Waals surface area (Å²) in [5, 5.41) is 5.65. The predicted molar refractivity (Wildman–Crippen MR) is 108 cm³/mol. The van der Waals surface area contributed by atoms with Crippen molar-refractivity contribution in [1.29, 1.82) is 0 Å². The number of rotatable bonds is 6. The Kier molecular flexibility index (Phi) is 8.33. The van der Waals surface area contributed by atoms with Crippen molar-refractivity contribution in [1.82, 2.24) is 15.5 Å². The normalized spacial score (nSPS) is 19.0. The number of likely N-dealkylation sites (tertiary alicyclic amines) is 1. The van der Waals surface area contributed by atoms with Crippen molar-refractivity contribution < 1.29 is 19.1 Å². The Morgan fingerprint density at radius 2 is 1.71 bits per heavy atom. The van der Waals surface area contributed by atoms with Gasteiger partial charge in [0.05, 0.1) is 0 Å². The Morgan fingerprint density at radius 1 is 1.07 bits per heavy atom. The van der Waals surface area contributed by atoms with Crippen molar-refractivity contribution in [2.24, 2.45) is 5.92 Å². The fourth-order valence-electron chi connectivity index (χ4n) is 3.64. The molecule has 2 aliphatic rings. The Bertz CT molecular complexity index is 569. The van der Waals surface area contributed by atoms with Crippen LogP contribution in [0.4, 0.5) is 4.79 Å². The van der Waals surface area contributed by atoms with Crippen molar-refractivity contribution in [3.63, 3.8) is 0 Å². The quantitative estimate of drug-likeness (QED) is 0.679. The van der Waals surface area contributed by atoms with Gasteiger partial charge >= 0.3 is 6.09 Å². The van der Waals surface area contributed by atoms with Crippen molar-refractivity contribution in [2.75, 3.05) is 19.6 Å². The lowest BCUT2D eigenvalue weighted by Gasteiger charge is -2.32. The Balaban J connectivity index is 1.61. The molecule has 2 N–H and O–H groups in total. The molecule has 0 aromatic rings. The molecular formula is C21H35N3O4. The first-order valence-electron chi connectivity index (χ1n) is 10.5. The van der Waals surface area contributed by atoms with E-state index in [1.807, 2.05) is 6.08 Å². The standard InChI is InChI=1S/C21H35N3O4/c1-21(2,3)28-20(27)22-13-10-19(26)24-14-11-17(12-15-24)23-18(25)9-8-16-6-4-5-7-16/h8-9,16-17H,4-7,10-15H2,1-3H3,(H,22,27)(H,23,25)/b9-8+. The van der Waals surface area contributed by atoms with Gasteiger partial charge < -0.3 is 20.3 Å². The van der Waals surface area contributed by atoms with Crippen molar-refractivity contribution >= 4 is 17.9 Å². The third-order valence-electron chi connectivity index (χ3n) is 5.12. The predicted octanol–water partition coefficient (Wildman–Crippen LogP) is 2.75. The summed E-state index contributed by atoms with van der Waals surface area (Å²) in [5.41, 5.74) is -0.549. The number of amides is 3. The maximum atomic E-state index is 12.3. The van der Waals surface area contributed by atoms with Crippen LogP contribution in [0.15, 0.2) is 12.2 Å². The molecule has 2 fully saturated rings. The van der Waals surface area contributed by atoms with Crippen LogP contribution in [0.1, 0.15) is 65.7 Å². The SMILES string of the molecule is CC(C)(C)OC(=O)NCCC(=O)N1CCC(NC(=O)/C=C/C2CCCC2)CC1. The molecule has 1 aliphatic carbocycles. The van der Waals surface area contributed by atoms with Crippen LogP contribution in [-0.2, 0) is 14.3 Å². The summed E-state index contributed by atoms with van der Waals surface area (Å²) >= 11 is 0. The van der Waals surface area contributed by atoms with Crippen molar-refractivity contribution in [3.8, 4) is 0 Å². The summed E-state index contributed by atoms with van der Waals surface area (Å²) < 4.78 is 5.15. The molecule has 0 bridgehead atoms. The van der Waals surface area contributed by atoms with E-state index in [1.165, 1.54) is 25.7 Å². The molecule has 2 rings (SSSR count). The monoisotopic (exact) mass is 393 g/mol. The number of nitrogens with one attached hydrogen (secondary N) is 2. The second-order valence-corrected chi connectivity index (χ2v) is 8.75. The van der Waals surface area contributed by atoms with Gasteiger partial charge in [-0.3, -0.25) is 9.59 Å². The van der Waals surface area contributed by atoms with Crippen molar-refractivity contribution in [2.45, 2.75) is 77.4 Å². The number of nitrogens with zero attached hydrogens (tertiary/aromatic N) is 1. The fraction of sp³-hybridized carbons (Fsp3) is 0.762. The molecule has 0 spiro atoms. The first-order chi connectivity index (χ1) is 13.2. The maximum absolute atomic E-state index is 12.3. The largest absolute Gasteiger partial charge is 0.444 e. The van der Waals surface area contributed by atoms with E-state index >= 15 is 0 Å². The third-order valence-corrected chi connectivity index (χ3v) is 5.12. The maximum Gasteiger partial charge on any atom is 0.407 e. The van der Waals surface area contributed by atoms with E-state index < -0.39 is 11.7 Å². The van der Waals surface area contributed by atoms with Crippen LogP contribution in [0.25, 0.3) is 0 Å². The minimum absolute atomic E-state index is 0.0157. The number of hydrogen-bond donors (Lipinski definition) is 2. The van der Waals surface area contributed by atoms with Gasteiger partial charge in [-0.05, 0) is 58.4 Å². The summed E-state index contributed by atoms with van der Waals surface area (Å²) in [6.45, 7) is 6.91. The van der Waals surface area contributed by atoms with Crippen LogP contribution in [0, 0.1) is 5.92 Å². The van der Waals surface area contributed by atoms with Crippen LogP contribution in [0.2, 0.25) is 0 Å². The number of allylic oxidation sites excluding steroid dienone is 1. The van der Waals surface area contributed by atoms with Crippen LogP contribution >= 0.6 is 0 Å². The van der Waals surface area contributed by atoms with E-state index in [4.69, 9.17) is 4.74 Å². The lowest BCUT2D eigenvalue weighted by atomic mass is 10.0. The molecule has 1 saturated heterocycles. The van der Waals surface area contributed by atoms with Crippen molar-refractivity contribution in [3.05, 3.63) is 12.2 Å². The highest BCUT2D eigenvalue weighted by Crippen LogP contribution is 2.25. The molecule has 0 atom stereocenters.